The summed E-state index contributed by atoms with van der Waals surface area (Å²) in [5.74, 6) is -0.126. The smallest absolute Gasteiger partial charge is 0.251 e. The van der Waals surface area contributed by atoms with E-state index < -0.39 is 5.92 Å². The monoisotopic (exact) mass is 649 g/mol. The molecule has 0 radical (unpaired) electrons. The number of para-hydroxylation sites is 1. The lowest BCUT2D eigenvalue weighted by Gasteiger charge is -2.20. The molecule has 0 bridgehead atoms. The summed E-state index contributed by atoms with van der Waals surface area (Å²) in [4.78, 5) is 31.2. The minimum atomic E-state index is -0.461. The highest BCUT2D eigenvalue weighted by molar-refractivity contribution is 5.97. The second-order valence-corrected chi connectivity index (χ2v) is 13.7. The van der Waals surface area contributed by atoms with E-state index in [-0.39, 0.29) is 17.2 Å². The van der Waals surface area contributed by atoms with Gasteiger partial charge in [0.2, 0.25) is 11.8 Å². The van der Waals surface area contributed by atoms with Gasteiger partial charge >= 0.3 is 0 Å². The van der Waals surface area contributed by atoms with Crippen LogP contribution in [0.25, 0.3) is 33.7 Å². The summed E-state index contributed by atoms with van der Waals surface area (Å²) >= 11 is 0. The van der Waals surface area contributed by atoms with Gasteiger partial charge in [0, 0.05) is 23.4 Å². The first kappa shape index (κ1) is 33.4. The van der Waals surface area contributed by atoms with E-state index in [0.29, 0.717) is 30.1 Å². The van der Waals surface area contributed by atoms with Crippen molar-refractivity contribution in [1.29, 1.82) is 0 Å². The molecule has 0 saturated heterocycles. The maximum absolute atomic E-state index is 14.0. The Kier molecular flexibility index (Phi) is 9.77. The number of carbonyl (C=O) groups is 2. The molecule has 1 heterocycles. The van der Waals surface area contributed by atoms with Crippen LogP contribution in [0.2, 0.25) is 0 Å². The fourth-order valence-corrected chi connectivity index (χ4v) is 5.94. The molecule has 0 spiro atoms. The Morgan fingerprint density at radius 1 is 0.776 bits per heavy atom. The molecule has 0 unspecified atom stereocenters. The largest absolute Gasteiger partial charge is 0.436 e. The van der Waals surface area contributed by atoms with Crippen LogP contribution in [0.3, 0.4) is 0 Å². The van der Waals surface area contributed by atoms with E-state index in [1.165, 1.54) is 5.56 Å². The molecule has 6 nitrogen and oxygen atoms in total. The third kappa shape index (κ3) is 7.81. The van der Waals surface area contributed by atoms with Gasteiger partial charge in [-0.15, -0.1) is 0 Å². The van der Waals surface area contributed by atoms with Crippen molar-refractivity contribution in [3.05, 3.63) is 143 Å². The molecule has 49 heavy (non-hydrogen) atoms. The van der Waals surface area contributed by atoms with Gasteiger partial charge in [-0.3, -0.25) is 9.59 Å². The van der Waals surface area contributed by atoms with Gasteiger partial charge < -0.3 is 15.1 Å². The number of rotatable bonds is 10. The summed E-state index contributed by atoms with van der Waals surface area (Å²) in [6.45, 7) is 11.3. The lowest BCUT2D eigenvalue weighted by molar-refractivity contribution is -0.117. The Morgan fingerprint density at radius 2 is 1.41 bits per heavy atom. The fraction of sp³-hybridized carbons (Fsp3) is 0.233. The Balaban J connectivity index is 1.23. The fourth-order valence-electron chi connectivity index (χ4n) is 5.94. The van der Waals surface area contributed by atoms with Crippen LogP contribution in [0.15, 0.2) is 120 Å². The number of nitrogens with one attached hydrogen (secondary N) is 2. The zero-order chi connectivity index (χ0) is 34.5. The first-order valence-corrected chi connectivity index (χ1v) is 16.9. The van der Waals surface area contributed by atoms with E-state index in [2.05, 4.69) is 72.8 Å². The van der Waals surface area contributed by atoms with Crippen LogP contribution in [0.1, 0.15) is 72.6 Å². The number of benzene rings is 5. The predicted molar refractivity (Wildman–Crippen MR) is 199 cm³/mol. The Labute approximate surface area is 288 Å². The molecule has 0 saturated carbocycles. The average molecular weight is 650 g/mol. The van der Waals surface area contributed by atoms with Gasteiger partial charge in [-0.05, 0) is 101 Å². The van der Waals surface area contributed by atoms with Crippen LogP contribution in [0.5, 0.6) is 0 Å². The standard InChI is InChI=1S/C43H43N3O3/c1-6-26-44-40(47)33-12-10-29(11-13-33)27-37(32-16-14-30(15-17-32)31-18-22-35(23-19-31)43(3,4)5)41(48)45-36-24-20-34(21-25-36)42-46-39-28(2)8-7-9-38(39)49-42/h7-25,37H,6,26-27H2,1-5H3,(H,44,47)(H,45,48)/t37-/m0/s1. The molecule has 0 aliphatic heterocycles. The lowest BCUT2D eigenvalue weighted by Crippen LogP contribution is -2.24. The van der Waals surface area contributed by atoms with Gasteiger partial charge in [-0.1, -0.05) is 100 Å². The summed E-state index contributed by atoms with van der Waals surface area (Å²) in [6.07, 6.45) is 1.35. The van der Waals surface area contributed by atoms with Gasteiger partial charge in [0.1, 0.15) is 5.52 Å². The summed E-state index contributed by atoms with van der Waals surface area (Å²) in [5.41, 5.74) is 10.3. The predicted octanol–water partition coefficient (Wildman–Crippen LogP) is 9.87. The first-order chi connectivity index (χ1) is 23.6. The molecule has 6 heteroatoms. The molecule has 6 rings (SSSR count). The van der Waals surface area contributed by atoms with E-state index in [9.17, 15) is 9.59 Å². The topological polar surface area (TPSA) is 84.2 Å². The van der Waals surface area contributed by atoms with E-state index in [0.717, 1.165) is 50.9 Å². The van der Waals surface area contributed by atoms with Crippen LogP contribution < -0.4 is 10.6 Å². The number of aryl methyl sites for hydroxylation is 1. The van der Waals surface area contributed by atoms with E-state index in [1.54, 1.807) is 0 Å². The van der Waals surface area contributed by atoms with Crippen LogP contribution in [0.4, 0.5) is 5.69 Å². The van der Waals surface area contributed by atoms with E-state index >= 15 is 0 Å². The summed E-state index contributed by atoms with van der Waals surface area (Å²) < 4.78 is 6.00. The molecular formula is C43H43N3O3. The minimum absolute atomic E-state index is 0.0875. The lowest BCUT2D eigenvalue weighted by atomic mass is 9.86. The number of hydrogen-bond donors (Lipinski definition) is 2. The quantitative estimate of drug-likeness (QED) is 0.155. The van der Waals surface area contributed by atoms with Crippen molar-refractivity contribution in [2.24, 2.45) is 0 Å². The number of hydrogen-bond acceptors (Lipinski definition) is 4. The Hall–Kier alpha value is -5.49. The van der Waals surface area contributed by atoms with Gasteiger partial charge in [-0.25, -0.2) is 4.98 Å². The van der Waals surface area contributed by atoms with Gasteiger partial charge in [0.05, 0.1) is 5.92 Å². The molecule has 2 N–H and O–H groups in total. The number of oxazole rings is 1. The van der Waals surface area contributed by atoms with Crippen molar-refractivity contribution in [3.8, 4) is 22.6 Å². The van der Waals surface area contributed by atoms with Crippen LogP contribution >= 0.6 is 0 Å². The zero-order valence-corrected chi connectivity index (χ0v) is 28.8. The van der Waals surface area contributed by atoms with E-state index in [4.69, 9.17) is 4.42 Å². The summed E-state index contributed by atoms with van der Waals surface area (Å²) in [6, 6.07) is 37.9. The van der Waals surface area contributed by atoms with Crippen LogP contribution in [0, 0.1) is 6.92 Å². The highest BCUT2D eigenvalue weighted by Crippen LogP contribution is 2.31. The summed E-state index contributed by atoms with van der Waals surface area (Å²) in [5, 5.41) is 6.06. The number of anilines is 1. The third-order valence-electron chi connectivity index (χ3n) is 8.93. The molecule has 2 amide bonds. The van der Waals surface area contributed by atoms with Crippen molar-refractivity contribution in [2.75, 3.05) is 11.9 Å². The molecule has 248 valence electrons. The Morgan fingerprint density at radius 3 is 2.02 bits per heavy atom. The highest BCUT2D eigenvalue weighted by atomic mass is 16.3. The molecule has 0 aliphatic rings. The second kappa shape index (κ2) is 14.3. The average Bonchev–Trinajstić information content (AvgIpc) is 3.56. The number of amides is 2. The van der Waals surface area contributed by atoms with Crippen molar-refractivity contribution < 1.29 is 14.0 Å². The second-order valence-electron chi connectivity index (χ2n) is 13.7. The normalized spacial score (nSPS) is 12.1. The van der Waals surface area contributed by atoms with Crippen LogP contribution in [-0.4, -0.2) is 23.3 Å². The number of aromatic nitrogens is 1. The highest BCUT2D eigenvalue weighted by Gasteiger charge is 2.23. The van der Waals surface area contributed by atoms with E-state index in [1.807, 2.05) is 92.7 Å². The van der Waals surface area contributed by atoms with Crippen molar-refractivity contribution in [1.82, 2.24) is 10.3 Å². The SMILES string of the molecule is CCCNC(=O)c1ccc(C[C@H](C(=O)Nc2ccc(-c3nc4c(C)cccc4o3)cc2)c2ccc(-c3ccc(C(C)(C)C)cc3)cc2)cc1. The number of fused-ring (bicyclic) bond motifs is 1. The van der Waals surface area contributed by atoms with Crippen molar-refractivity contribution in [2.45, 2.75) is 58.8 Å². The number of carbonyl (C=O) groups excluding carboxylic acids is 2. The first-order valence-electron chi connectivity index (χ1n) is 16.9. The third-order valence-corrected chi connectivity index (χ3v) is 8.93. The maximum atomic E-state index is 14.0. The number of nitrogens with zero attached hydrogens (tertiary/aromatic N) is 1. The molecule has 0 fully saturated rings. The molecule has 0 aliphatic carbocycles. The summed E-state index contributed by atoms with van der Waals surface area (Å²) in [7, 11) is 0. The van der Waals surface area contributed by atoms with Gasteiger partial charge in [-0.2, -0.15) is 0 Å². The molecule has 1 aromatic heterocycles. The van der Waals surface area contributed by atoms with Gasteiger partial charge in [0.15, 0.2) is 5.58 Å². The zero-order valence-electron chi connectivity index (χ0n) is 28.8. The minimum Gasteiger partial charge on any atom is -0.436 e. The van der Waals surface area contributed by atoms with Crippen molar-refractivity contribution in [3.63, 3.8) is 0 Å². The van der Waals surface area contributed by atoms with Crippen molar-refractivity contribution >= 4 is 28.6 Å². The molecule has 6 aromatic rings. The van der Waals surface area contributed by atoms with Gasteiger partial charge in [0.25, 0.3) is 5.91 Å². The maximum Gasteiger partial charge on any atom is 0.251 e. The Bertz CT molecular complexity index is 2050. The molecular weight excluding hydrogens is 606 g/mol. The molecule has 5 aromatic carbocycles. The molecule has 1 atom stereocenters. The van der Waals surface area contributed by atoms with Crippen LogP contribution in [-0.2, 0) is 16.6 Å².